The summed E-state index contributed by atoms with van der Waals surface area (Å²) in [6, 6.07) is 7.62. The first-order valence-electron chi connectivity index (χ1n) is 8.79. The number of carbonyl (C=O) groups is 1. The van der Waals surface area contributed by atoms with Crippen molar-refractivity contribution in [2.45, 2.75) is 71.0 Å². The molecule has 0 aromatic heterocycles. The highest BCUT2D eigenvalue weighted by molar-refractivity contribution is 5.97. The number of amides is 1. The molecule has 0 unspecified atom stereocenters. The molecule has 1 saturated carbocycles. The highest BCUT2D eigenvalue weighted by Gasteiger charge is 2.32. The van der Waals surface area contributed by atoms with E-state index in [2.05, 4.69) is 5.32 Å². The molecule has 0 spiro atoms. The summed E-state index contributed by atoms with van der Waals surface area (Å²) in [4.78, 5) is 12.5. The summed E-state index contributed by atoms with van der Waals surface area (Å²) in [5, 5.41) is 2.94. The average Bonchev–Trinajstić information content (AvgIpc) is 3.07. The zero-order valence-corrected chi connectivity index (χ0v) is 14.6. The number of hydrogen-bond acceptors (Lipinski definition) is 3. The minimum absolute atomic E-state index is 0.0992. The van der Waals surface area contributed by atoms with Crippen LogP contribution in [-0.4, -0.2) is 24.2 Å². The molecule has 1 amide bonds. The van der Waals surface area contributed by atoms with Gasteiger partial charge in [-0.25, -0.2) is 0 Å². The molecule has 4 heteroatoms. The first-order chi connectivity index (χ1) is 11.1. The van der Waals surface area contributed by atoms with E-state index < -0.39 is 5.60 Å². The summed E-state index contributed by atoms with van der Waals surface area (Å²) in [6.45, 7) is 6.44. The minimum atomic E-state index is -0.783. The lowest BCUT2D eigenvalue weighted by atomic mass is 10.0. The third-order valence-electron chi connectivity index (χ3n) is 4.50. The SMILES string of the molecule is CCCO[C@@](C)(CC)C(=O)Nc1ccc(OC2CCCC2)cc1. The van der Waals surface area contributed by atoms with Crippen LogP contribution in [0.3, 0.4) is 0 Å². The Hall–Kier alpha value is -1.55. The number of ether oxygens (including phenoxy) is 2. The van der Waals surface area contributed by atoms with Crippen molar-refractivity contribution in [3.8, 4) is 5.75 Å². The van der Waals surface area contributed by atoms with Gasteiger partial charge < -0.3 is 14.8 Å². The zero-order valence-electron chi connectivity index (χ0n) is 14.6. The summed E-state index contributed by atoms with van der Waals surface area (Å²) in [5.74, 6) is 0.772. The van der Waals surface area contributed by atoms with Crippen molar-refractivity contribution in [2.24, 2.45) is 0 Å². The molecule has 1 aliphatic carbocycles. The maximum absolute atomic E-state index is 12.5. The summed E-state index contributed by atoms with van der Waals surface area (Å²) in [6.07, 6.45) is 6.68. The number of benzene rings is 1. The molecule has 0 aliphatic heterocycles. The van der Waals surface area contributed by atoms with Crippen LogP contribution in [0.25, 0.3) is 0 Å². The van der Waals surface area contributed by atoms with Crippen molar-refractivity contribution in [2.75, 3.05) is 11.9 Å². The molecule has 1 aliphatic rings. The molecule has 1 fully saturated rings. The van der Waals surface area contributed by atoms with Gasteiger partial charge in [0.15, 0.2) is 0 Å². The van der Waals surface area contributed by atoms with Gasteiger partial charge in [-0.05, 0) is 69.7 Å². The van der Waals surface area contributed by atoms with Crippen LogP contribution < -0.4 is 10.1 Å². The van der Waals surface area contributed by atoms with E-state index in [1.807, 2.05) is 45.0 Å². The Morgan fingerprint density at radius 2 is 1.87 bits per heavy atom. The highest BCUT2D eigenvalue weighted by atomic mass is 16.5. The number of carbonyl (C=O) groups excluding carboxylic acids is 1. The number of anilines is 1. The van der Waals surface area contributed by atoms with Crippen LogP contribution in [0.1, 0.15) is 59.3 Å². The fourth-order valence-electron chi connectivity index (χ4n) is 2.73. The monoisotopic (exact) mass is 319 g/mol. The Kier molecular flexibility index (Phi) is 6.46. The number of hydrogen-bond donors (Lipinski definition) is 1. The van der Waals surface area contributed by atoms with E-state index >= 15 is 0 Å². The molecule has 4 nitrogen and oxygen atoms in total. The Balaban J connectivity index is 1.92. The van der Waals surface area contributed by atoms with E-state index in [0.717, 1.165) is 30.7 Å². The van der Waals surface area contributed by atoms with Crippen molar-refractivity contribution < 1.29 is 14.3 Å². The third-order valence-corrected chi connectivity index (χ3v) is 4.50. The van der Waals surface area contributed by atoms with Crippen molar-refractivity contribution in [1.29, 1.82) is 0 Å². The molecule has 0 radical (unpaired) electrons. The number of rotatable bonds is 8. The predicted molar refractivity (Wildman–Crippen MR) is 92.9 cm³/mol. The second kappa shape index (κ2) is 8.34. The maximum Gasteiger partial charge on any atom is 0.256 e. The molecule has 1 N–H and O–H groups in total. The molecular weight excluding hydrogens is 290 g/mol. The standard InChI is InChI=1S/C19H29NO3/c1-4-14-22-19(3,5-2)18(21)20-15-10-12-17(13-11-15)23-16-8-6-7-9-16/h10-13,16H,4-9,14H2,1-3H3,(H,20,21)/t19-/m0/s1. The topological polar surface area (TPSA) is 47.6 Å². The van der Waals surface area contributed by atoms with Crippen LogP contribution in [0.2, 0.25) is 0 Å². The first-order valence-corrected chi connectivity index (χ1v) is 8.79. The Bertz CT molecular complexity index is 494. The van der Waals surface area contributed by atoms with Gasteiger partial charge in [0, 0.05) is 12.3 Å². The van der Waals surface area contributed by atoms with E-state index in [1.165, 1.54) is 12.8 Å². The van der Waals surface area contributed by atoms with Crippen LogP contribution in [0.15, 0.2) is 24.3 Å². The molecule has 1 aromatic carbocycles. The van der Waals surface area contributed by atoms with Crippen LogP contribution in [0, 0.1) is 0 Å². The largest absolute Gasteiger partial charge is 0.490 e. The lowest BCUT2D eigenvalue weighted by molar-refractivity contribution is -0.139. The van der Waals surface area contributed by atoms with Gasteiger partial charge in [0.1, 0.15) is 11.4 Å². The smallest absolute Gasteiger partial charge is 0.256 e. The highest BCUT2D eigenvalue weighted by Crippen LogP contribution is 2.25. The lowest BCUT2D eigenvalue weighted by Gasteiger charge is -2.27. The second-order valence-electron chi connectivity index (χ2n) is 6.44. The van der Waals surface area contributed by atoms with Crippen LogP contribution in [-0.2, 0) is 9.53 Å². The summed E-state index contributed by atoms with van der Waals surface area (Å²) in [7, 11) is 0. The number of nitrogens with one attached hydrogen (secondary N) is 1. The Labute approximate surface area is 139 Å². The third kappa shape index (κ3) is 4.96. The fourth-order valence-corrected chi connectivity index (χ4v) is 2.73. The molecule has 1 atom stereocenters. The van der Waals surface area contributed by atoms with E-state index in [4.69, 9.17) is 9.47 Å². The van der Waals surface area contributed by atoms with Gasteiger partial charge >= 0.3 is 0 Å². The maximum atomic E-state index is 12.5. The Morgan fingerprint density at radius 1 is 1.22 bits per heavy atom. The molecular formula is C19H29NO3. The van der Waals surface area contributed by atoms with Gasteiger partial charge in [0.25, 0.3) is 5.91 Å². The normalized spacial score (nSPS) is 17.7. The summed E-state index contributed by atoms with van der Waals surface area (Å²) in [5.41, 5.74) is -0.0109. The summed E-state index contributed by atoms with van der Waals surface area (Å²) < 4.78 is 11.7. The second-order valence-corrected chi connectivity index (χ2v) is 6.44. The minimum Gasteiger partial charge on any atom is -0.490 e. The fraction of sp³-hybridized carbons (Fsp3) is 0.632. The van der Waals surface area contributed by atoms with Crippen molar-refractivity contribution in [3.05, 3.63) is 24.3 Å². The quantitative estimate of drug-likeness (QED) is 0.765. The lowest BCUT2D eigenvalue weighted by Crippen LogP contribution is -2.42. The van der Waals surface area contributed by atoms with Crippen molar-refractivity contribution >= 4 is 11.6 Å². The molecule has 0 saturated heterocycles. The van der Waals surface area contributed by atoms with E-state index in [-0.39, 0.29) is 5.91 Å². The van der Waals surface area contributed by atoms with Crippen LogP contribution in [0.5, 0.6) is 5.75 Å². The van der Waals surface area contributed by atoms with E-state index in [1.54, 1.807) is 0 Å². The van der Waals surface area contributed by atoms with Crippen LogP contribution in [0.4, 0.5) is 5.69 Å². The molecule has 0 bridgehead atoms. The molecule has 23 heavy (non-hydrogen) atoms. The van der Waals surface area contributed by atoms with Gasteiger partial charge in [-0.3, -0.25) is 4.79 Å². The molecule has 128 valence electrons. The Morgan fingerprint density at radius 3 is 2.43 bits per heavy atom. The van der Waals surface area contributed by atoms with Gasteiger partial charge in [-0.1, -0.05) is 13.8 Å². The first kappa shape index (κ1) is 17.8. The van der Waals surface area contributed by atoms with Crippen molar-refractivity contribution in [1.82, 2.24) is 0 Å². The van der Waals surface area contributed by atoms with E-state index in [9.17, 15) is 4.79 Å². The van der Waals surface area contributed by atoms with E-state index in [0.29, 0.717) is 19.1 Å². The molecule has 2 rings (SSSR count). The zero-order chi connectivity index (χ0) is 16.7. The van der Waals surface area contributed by atoms with Gasteiger partial charge in [-0.15, -0.1) is 0 Å². The van der Waals surface area contributed by atoms with Gasteiger partial charge in [0.05, 0.1) is 6.10 Å². The van der Waals surface area contributed by atoms with Gasteiger partial charge in [0.2, 0.25) is 0 Å². The van der Waals surface area contributed by atoms with Gasteiger partial charge in [-0.2, -0.15) is 0 Å². The average molecular weight is 319 g/mol. The van der Waals surface area contributed by atoms with Crippen molar-refractivity contribution in [3.63, 3.8) is 0 Å². The molecule has 1 aromatic rings. The predicted octanol–water partition coefficient (Wildman–Crippen LogP) is 4.54. The van der Waals surface area contributed by atoms with Crippen LogP contribution >= 0.6 is 0 Å². The summed E-state index contributed by atoms with van der Waals surface area (Å²) >= 11 is 0. The molecule has 0 heterocycles.